The minimum absolute atomic E-state index is 0.0729. The average Bonchev–Trinajstić information content (AvgIpc) is 2.67. The quantitative estimate of drug-likeness (QED) is 0.534. The van der Waals surface area contributed by atoms with Crippen LogP contribution in [0.3, 0.4) is 0 Å². The number of benzene rings is 2. The lowest BCUT2D eigenvalue weighted by Gasteiger charge is -2.30. The highest BCUT2D eigenvalue weighted by molar-refractivity contribution is 6.53. The number of ketones is 1. The fraction of sp³-hybridized carbons (Fsp3) is 0.143. The molecular formula is C21H15Cl2F2NO2. The van der Waals surface area contributed by atoms with E-state index in [4.69, 9.17) is 23.2 Å². The number of nitrogens with zero attached hydrogens (tertiary/aromatic N) is 1. The second-order valence-electron chi connectivity index (χ2n) is 6.21. The molecule has 2 aromatic rings. The summed E-state index contributed by atoms with van der Waals surface area (Å²) in [6.07, 6.45) is 2.76. The summed E-state index contributed by atoms with van der Waals surface area (Å²) >= 11 is 11.4. The van der Waals surface area contributed by atoms with E-state index in [2.05, 4.69) is 0 Å². The number of Topliss-reactive ketones (excluding diaryl/α,β-unsaturated/α-hetero) is 1. The molecule has 1 heterocycles. The van der Waals surface area contributed by atoms with Gasteiger partial charge >= 0.3 is 0 Å². The first-order chi connectivity index (χ1) is 13.4. The lowest BCUT2D eigenvalue weighted by atomic mass is 9.94. The van der Waals surface area contributed by atoms with E-state index >= 15 is 0 Å². The summed E-state index contributed by atoms with van der Waals surface area (Å²) in [6.45, 7) is -0.146. The maximum absolute atomic E-state index is 14.0. The number of piperidine rings is 1. The Morgan fingerprint density at radius 1 is 0.893 bits per heavy atom. The zero-order chi connectivity index (χ0) is 20.3. The van der Waals surface area contributed by atoms with Crippen molar-refractivity contribution >= 4 is 47.0 Å². The Hall–Kier alpha value is -2.50. The summed E-state index contributed by atoms with van der Waals surface area (Å²) in [6, 6.07) is 11.9. The van der Waals surface area contributed by atoms with Gasteiger partial charge in [0.2, 0.25) is 0 Å². The first kappa shape index (κ1) is 20.2. The van der Waals surface area contributed by atoms with E-state index in [0.717, 1.165) is 0 Å². The van der Waals surface area contributed by atoms with E-state index in [9.17, 15) is 18.4 Å². The molecule has 1 aliphatic rings. The van der Waals surface area contributed by atoms with Crippen LogP contribution in [0.2, 0.25) is 0 Å². The zero-order valence-corrected chi connectivity index (χ0v) is 16.1. The molecule has 0 saturated carbocycles. The summed E-state index contributed by atoms with van der Waals surface area (Å²) in [5, 5.41) is 0. The molecule has 28 heavy (non-hydrogen) atoms. The first-order valence-corrected chi connectivity index (χ1v) is 9.26. The number of rotatable bonds is 3. The van der Waals surface area contributed by atoms with E-state index in [1.807, 2.05) is 0 Å². The van der Waals surface area contributed by atoms with Crippen molar-refractivity contribution in [2.24, 2.45) is 0 Å². The molecule has 0 N–H and O–H groups in total. The van der Waals surface area contributed by atoms with Gasteiger partial charge in [0.25, 0.3) is 5.91 Å². The number of halogens is 4. The van der Waals surface area contributed by atoms with Gasteiger partial charge in [-0.05, 0) is 24.3 Å². The van der Waals surface area contributed by atoms with Crippen LogP contribution in [-0.2, 0) is 9.59 Å². The summed E-state index contributed by atoms with van der Waals surface area (Å²) < 4.78 is 28.0. The molecule has 0 bridgehead atoms. The van der Waals surface area contributed by atoms with Crippen molar-refractivity contribution in [2.45, 2.75) is 4.84 Å². The number of hydrogen-bond donors (Lipinski definition) is 0. The van der Waals surface area contributed by atoms with Gasteiger partial charge in [0.05, 0.1) is 0 Å². The normalized spacial score (nSPS) is 17.6. The summed E-state index contributed by atoms with van der Waals surface area (Å²) in [4.78, 5) is 25.2. The van der Waals surface area contributed by atoms with Gasteiger partial charge in [0, 0.05) is 35.4 Å². The van der Waals surface area contributed by atoms with Crippen molar-refractivity contribution in [1.82, 2.24) is 4.90 Å². The van der Waals surface area contributed by atoms with E-state index in [-0.39, 0.29) is 35.4 Å². The smallest absolute Gasteiger partial charge is 0.256 e. The molecule has 0 unspecified atom stereocenters. The number of alkyl halides is 2. The second-order valence-corrected chi connectivity index (χ2v) is 7.30. The Kier molecular flexibility index (Phi) is 6.27. The summed E-state index contributed by atoms with van der Waals surface area (Å²) in [5.41, 5.74) is 0.778. The maximum atomic E-state index is 14.0. The van der Waals surface area contributed by atoms with Crippen molar-refractivity contribution in [3.05, 3.63) is 82.4 Å². The summed E-state index contributed by atoms with van der Waals surface area (Å²) in [5.74, 6) is -1.98. The van der Waals surface area contributed by atoms with Crippen LogP contribution < -0.4 is 0 Å². The van der Waals surface area contributed by atoms with E-state index < -0.39 is 28.2 Å². The van der Waals surface area contributed by atoms with Gasteiger partial charge in [-0.25, -0.2) is 8.78 Å². The molecule has 2 aromatic carbocycles. The molecular weight excluding hydrogens is 407 g/mol. The predicted molar refractivity (Wildman–Crippen MR) is 106 cm³/mol. The van der Waals surface area contributed by atoms with Gasteiger partial charge in [0.1, 0.15) is 11.6 Å². The van der Waals surface area contributed by atoms with Gasteiger partial charge < -0.3 is 4.90 Å². The van der Waals surface area contributed by atoms with Crippen molar-refractivity contribution in [3.8, 4) is 0 Å². The van der Waals surface area contributed by atoms with Crippen LogP contribution in [0.5, 0.6) is 0 Å². The van der Waals surface area contributed by atoms with Crippen molar-refractivity contribution in [2.75, 3.05) is 13.1 Å². The van der Waals surface area contributed by atoms with Crippen LogP contribution >= 0.6 is 23.2 Å². The molecule has 0 radical (unpaired) electrons. The molecule has 7 heteroatoms. The molecule has 0 atom stereocenters. The molecule has 1 amide bonds. The van der Waals surface area contributed by atoms with E-state index in [1.165, 1.54) is 53.5 Å². The molecule has 0 spiro atoms. The molecule has 0 aromatic heterocycles. The van der Waals surface area contributed by atoms with E-state index in [0.29, 0.717) is 0 Å². The predicted octanol–water partition coefficient (Wildman–Crippen LogP) is 4.65. The number of hydrogen-bond acceptors (Lipinski definition) is 2. The second kappa shape index (κ2) is 8.67. The lowest BCUT2D eigenvalue weighted by Crippen LogP contribution is -2.43. The van der Waals surface area contributed by atoms with Crippen LogP contribution in [0.25, 0.3) is 12.2 Å². The Morgan fingerprint density at radius 3 is 1.71 bits per heavy atom. The Balaban J connectivity index is 2.05. The largest absolute Gasteiger partial charge is 0.331 e. The topological polar surface area (TPSA) is 37.4 Å². The molecule has 3 rings (SSSR count). The minimum atomic E-state index is -1.31. The summed E-state index contributed by atoms with van der Waals surface area (Å²) in [7, 11) is 0. The third-order valence-electron chi connectivity index (χ3n) is 4.27. The van der Waals surface area contributed by atoms with Crippen molar-refractivity contribution < 1.29 is 18.4 Å². The van der Waals surface area contributed by atoms with Crippen molar-refractivity contribution in [1.29, 1.82) is 0 Å². The molecule has 0 aliphatic carbocycles. The monoisotopic (exact) mass is 421 g/mol. The third kappa shape index (κ3) is 4.49. The Labute approximate surface area is 170 Å². The minimum Gasteiger partial charge on any atom is -0.331 e. The van der Waals surface area contributed by atoms with Crippen LogP contribution in [0.4, 0.5) is 8.78 Å². The zero-order valence-electron chi connectivity index (χ0n) is 14.5. The number of likely N-dealkylation sites (tertiary alicyclic amines) is 1. The standard InChI is InChI=1S/C21H15Cl2F2NO2/c22-20(23)21(28)26-11-15(9-13-5-1-3-7-17(13)24)19(27)16(12-26)10-14-6-2-4-8-18(14)25/h1-10,20H,11-12H2/b15-9+,16-10+. The molecule has 1 aliphatic heterocycles. The highest BCUT2D eigenvalue weighted by Crippen LogP contribution is 2.25. The van der Waals surface area contributed by atoms with Crippen LogP contribution in [0.15, 0.2) is 59.7 Å². The van der Waals surface area contributed by atoms with Gasteiger partial charge in [-0.2, -0.15) is 0 Å². The van der Waals surface area contributed by atoms with Crippen molar-refractivity contribution in [3.63, 3.8) is 0 Å². The highest BCUT2D eigenvalue weighted by atomic mass is 35.5. The van der Waals surface area contributed by atoms with Gasteiger partial charge in [0.15, 0.2) is 10.6 Å². The molecule has 144 valence electrons. The van der Waals surface area contributed by atoms with Crippen LogP contribution in [-0.4, -0.2) is 34.5 Å². The molecule has 1 saturated heterocycles. The highest BCUT2D eigenvalue weighted by Gasteiger charge is 2.31. The Bertz CT molecular complexity index is 918. The first-order valence-electron chi connectivity index (χ1n) is 8.38. The van der Waals surface area contributed by atoms with E-state index in [1.54, 1.807) is 12.1 Å². The Morgan fingerprint density at radius 2 is 1.32 bits per heavy atom. The fourth-order valence-corrected chi connectivity index (χ4v) is 3.17. The number of amides is 1. The number of carbonyl (C=O) groups is 2. The van der Waals surface area contributed by atoms with Crippen LogP contribution in [0.1, 0.15) is 11.1 Å². The van der Waals surface area contributed by atoms with Gasteiger partial charge in [-0.1, -0.05) is 59.6 Å². The maximum Gasteiger partial charge on any atom is 0.256 e. The molecule has 3 nitrogen and oxygen atoms in total. The van der Waals surface area contributed by atoms with Gasteiger partial charge in [-0.3, -0.25) is 9.59 Å². The molecule has 1 fully saturated rings. The number of carbonyl (C=O) groups excluding carboxylic acids is 2. The van der Waals surface area contributed by atoms with Crippen LogP contribution in [0, 0.1) is 11.6 Å². The fourth-order valence-electron chi connectivity index (χ4n) is 2.89. The third-order valence-corrected chi connectivity index (χ3v) is 4.65. The average molecular weight is 422 g/mol. The van der Waals surface area contributed by atoms with Gasteiger partial charge in [-0.15, -0.1) is 0 Å². The SMILES string of the molecule is O=C1/C(=C/c2ccccc2F)CN(C(=O)C(Cl)Cl)C/C1=C\c1ccccc1F. The lowest BCUT2D eigenvalue weighted by molar-refractivity contribution is -0.129.